The van der Waals surface area contributed by atoms with Crippen molar-refractivity contribution < 1.29 is 14.3 Å². The molecule has 1 N–H and O–H groups in total. The van der Waals surface area contributed by atoms with Crippen LogP contribution in [0.15, 0.2) is 48.5 Å². The fourth-order valence-corrected chi connectivity index (χ4v) is 3.18. The smallest absolute Gasteiger partial charge is 0.255 e. The summed E-state index contributed by atoms with van der Waals surface area (Å²) < 4.78 is 5.42. The summed E-state index contributed by atoms with van der Waals surface area (Å²) in [7, 11) is 0. The van der Waals surface area contributed by atoms with Crippen molar-refractivity contribution in [2.45, 2.75) is 13.8 Å². The molecular formula is C21H25N3O3. The second-order valence-electron chi connectivity index (χ2n) is 6.42. The predicted octanol–water partition coefficient (Wildman–Crippen LogP) is 3.01. The zero-order valence-corrected chi connectivity index (χ0v) is 15.8. The number of hydrogen-bond acceptors (Lipinski definition) is 4. The van der Waals surface area contributed by atoms with Gasteiger partial charge in [0, 0.05) is 38.7 Å². The quantitative estimate of drug-likeness (QED) is 0.882. The van der Waals surface area contributed by atoms with Crippen LogP contribution in [0.3, 0.4) is 0 Å². The Bertz CT molecular complexity index is 797. The van der Waals surface area contributed by atoms with Crippen LogP contribution >= 0.6 is 0 Å². The van der Waals surface area contributed by atoms with E-state index in [1.807, 2.05) is 36.1 Å². The van der Waals surface area contributed by atoms with Gasteiger partial charge in [-0.1, -0.05) is 12.1 Å². The predicted molar refractivity (Wildman–Crippen MR) is 106 cm³/mol. The van der Waals surface area contributed by atoms with E-state index in [4.69, 9.17) is 4.74 Å². The van der Waals surface area contributed by atoms with Crippen LogP contribution in [-0.2, 0) is 4.79 Å². The van der Waals surface area contributed by atoms with Crippen LogP contribution in [0.5, 0.6) is 5.75 Å². The number of nitrogens with one attached hydrogen (secondary N) is 1. The Morgan fingerprint density at radius 2 is 1.67 bits per heavy atom. The maximum atomic E-state index is 12.6. The molecule has 6 heteroatoms. The molecule has 0 aromatic heterocycles. The summed E-state index contributed by atoms with van der Waals surface area (Å²) >= 11 is 0. The van der Waals surface area contributed by atoms with Crippen molar-refractivity contribution in [3.05, 3.63) is 54.1 Å². The van der Waals surface area contributed by atoms with Gasteiger partial charge in [0.2, 0.25) is 5.91 Å². The molecule has 1 fully saturated rings. The number of nitrogens with zero attached hydrogens (tertiary/aromatic N) is 2. The van der Waals surface area contributed by atoms with Crippen LogP contribution in [0.1, 0.15) is 24.2 Å². The van der Waals surface area contributed by atoms with E-state index in [-0.39, 0.29) is 11.8 Å². The Balaban J connectivity index is 1.70. The summed E-state index contributed by atoms with van der Waals surface area (Å²) in [6.45, 7) is 6.99. The Labute approximate surface area is 159 Å². The van der Waals surface area contributed by atoms with Gasteiger partial charge in [-0.3, -0.25) is 9.59 Å². The molecule has 1 heterocycles. The molecule has 0 radical (unpaired) electrons. The molecular weight excluding hydrogens is 342 g/mol. The number of anilines is 2. The van der Waals surface area contributed by atoms with Crippen molar-refractivity contribution >= 4 is 23.2 Å². The summed E-state index contributed by atoms with van der Waals surface area (Å²) in [6, 6.07) is 14.9. The molecule has 1 aliphatic heterocycles. The van der Waals surface area contributed by atoms with Crippen LogP contribution in [-0.4, -0.2) is 49.5 Å². The van der Waals surface area contributed by atoms with E-state index >= 15 is 0 Å². The third-order valence-electron chi connectivity index (χ3n) is 4.65. The first-order chi connectivity index (χ1) is 13.1. The summed E-state index contributed by atoms with van der Waals surface area (Å²) in [5.74, 6) is 0.692. The van der Waals surface area contributed by atoms with Gasteiger partial charge in [-0.15, -0.1) is 0 Å². The number of hydrogen-bond donors (Lipinski definition) is 1. The molecule has 0 spiro atoms. The highest BCUT2D eigenvalue weighted by Crippen LogP contribution is 2.27. The Morgan fingerprint density at radius 1 is 1.00 bits per heavy atom. The molecule has 0 bridgehead atoms. The number of carbonyl (C=O) groups is 2. The topological polar surface area (TPSA) is 61.9 Å². The molecule has 0 aliphatic carbocycles. The van der Waals surface area contributed by atoms with E-state index in [0.29, 0.717) is 25.3 Å². The number of carbonyl (C=O) groups excluding carboxylic acids is 2. The molecule has 3 rings (SSSR count). The van der Waals surface area contributed by atoms with Gasteiger partial charge < -0.3 is 19.9 Å². The second kappa shape index (κ2) is 8.58. The van der Waals surface area contributed by atoms with E-state index in [1.165, 1.54) is 0 Å². The number of ether oxygens (including phenoxy) is 1. The molecule has 6 nitrogen and oxygen atoms in total. The van der Waals surface area contributed by atoms with E-state index in [1.54, 1.807) is 31.2 Å². The number of rotatable bonds is 5. The largest absolute Gasteiger partial charge is 0.494 e. The van der Waals surface area contributed by atoms with Crippen molar-refractivity contribution in [1.29, 1.82) is 0 Å². The lowest BCUT2D eigenvalue weighted by Crippen LogP contribution is -2.48. The summed E-state index contributed by atoms with van der Waals surface area (Å²) in [5.41, 5.74) is 2.32. The molecule has 1 aliphatic rings. The van der Waals surface area contributed by atoms with Gasteiger partial charge in [0.1, 0.15) is 5.75 Å². The molecule has 0 saturated carbocycles. The molecule has 2 aromatic rings. The maximum Gasteiger partial charge on any atom is 0.255 e. The fourth-order valence-electron chi connectivity index (χ4n) is 3.18. The van der Waals surface area contributed by atoms with Crippen molar-refractivity contribution in [3.63, 3.8) is 0 Å². The van der Waals surface area contributed by atoms with E-state index in [9.17, 15) is 9.59 Å². The van der Waals surface area contributed by atoms with E-state index < -0.39 is 0 Å². The molecule has 142 valence electrons. The highest BCUT2D eigenvalue weighted by atomic mass is 16.5. The molecule has 0 atom stereocenters. The minimum Gasteiger partial charge on any atom is -0.494 e. The van der Waals surface area contributed by atoms with Crippen molar-refractivity contribution in [2.24, 2.45) is 0 Å². The molecule has 2 amide bonds. The molecule has 0 unspecified atom stereocenters. The number of para-hydroxylation sites is 2. The van der Waals surface area contributed by atoms with Crippen LogP contribution < -0.4 is 15.0 Å². The van der Waals surface area contributed by atoms with E-state index in [0.717, 1.165) is 30.2 Å². The van der Waals surface area contributed by atoms with Crippen LogP contribution in [0, 0.1) is 0 Å². The van der Waals surface area contributed by atoms with E-state index in [2.05, 4.69) is 10.2 Å². The first kappa shape index (κ1) is 18.8. The van der Waals surface area contributed by atoms with Gasteiger partial charge in [-0.25, -0.2) is 0 Å². The first-order valence-electron chi connectivity index (χ1n) is 9.22. The normalized spacial score (nSPS) is 14.0. The lowest BCUT2D eigenvalue weighted by atomic mass is 10.1. The van der Waals surface area contributed by atoms with Crippen molar-refractivity contribution in [2.75, 3.05) is 43.0 Å². The maximum absolute atomic E-state index is 12.6. The lowest BCUT2D eigenvalue weighted by molar-refractivity contribution is -0.129. The lowest BCUT2D eigenvalue weighted by Gasteiger charge is -2.36. The van der Waals surface area contributed by atoms with Gasteiger partial charge in [0.25, 0.3) is 5.91 Å². The Kier molecular flexibility index (Phi) is 5.96. The number of piperazine rings is 1. The average Bonchev–Trinajstić information content (AvgIpc) is 2.69. The van der Waals surface area contributed by atoms with Gasteiger partial charge in [-0.05, 0) is 43.3 Å². The first-order valence-corrected chi connectivity index (χ1v) is 9.22. The van der Waals surface area contributed by atoms with Crippen LogP contribution in [0.25, 0.3) is 0 Å². The Hall–Kier alpha value is -3.02. The third kappa shape index (κ3) is 4.58. The fraction of sp³-hybridized carbons (Fsp3) is 0.333. The zero-order chi connectivity index (χ0) is 19.2. The van der Waals surface area contributed by atoms with Crippen molar-refractivity contribution in [3.8, 4) is 5.75 Å². The average molecular weight is 367 g/mol. The summed E-state index contributed by atoms with van der Waals surface area (Å²) in [6.07, 6.45) is 0. The minimum absolute atomic E-state index is 0.103. The van der Waals surface area contributed by atoms with Crippen LogP contribution in [0.4, 0.5) is 11.4 Å². The number of amides is 2. The van der Waals surface area contributed by atoms with Crippen molar-refractivity contribution in [1.82, 2.24) is 4.90 Å². The minimum atomic E-state index is -0.159. The highest BCUT2D eigenvalue weighted by Gasteiger charge is 2.21. The van der Waals surface area contributed by atoms with Gasteiger partial charge in [0.15, 0.2) is 0 Å². The standard InChI is InChI=1S/C21H25N3O3/c1-3-27-18-10-8-17(9-11-18)21(26)22-19-6-4-5-7-20(19)24-14-12-23(13-15-24)16(2)25/h4-11H,3,12-15H2,1-2H3,(H,22,26). The third-order valence-corrected chi connectivity index (χ3v) is 4.65. The van der Waals surface area contributed by atoms with Crippen LogP contribution in [0.2, 0.25) is 0 Å². The molecule has 2 aromatic carbocycles. The van der Waals surface area contributed by atoms with Gasteiger partial charge in [-0.2, -0.15) is 0 Å². The highest BCUT2D eigenvalue weighted by molar-refractivity contribution is 6.06. The number of benzene rings is 2. The second-order valence-corrected chi connectivity index (χ2v) is 6.42. The van der Waals surface area contributed by atoms with Gasteiger partial charge >= 0.3 is 0 Å². The molecule has 1 saturated heterocycles. The molecule has 27 heavy (non-hydrogen) atoms. The monoisotopic (exact) mass is 367 g/mol. The zero-order valence-electron chi connectivity index (χ0n) is 15.8. The summed E-state index contributed by atoms with van der Waals surface area (Å²) in [5, 5.41) is 3.01. The SMILES string of the molecule is CCOc1ccc(C(=O)Nc2ccccc2N2CCN(C(C)=O)CC2)cc1. The van der Waals surface area contributed by atoms with Gasteiger partial charge in [0.05, 0.1) is 18.0 Å². The summed E-state index contributed by atoms with van der Waals surface area (Å²) in [4.78, 5) is 28.2. The Morgan fingerprint density at radius 3 is 2.30 bits per heavy atom.